The Bertz CT molecular complexity index is 526. The van der Waals surface area contributed by atoms with Gasteiger partial charge < -0.3 is 10.6 Å². The molecule has 7 heteroatoms. The highest BCUT2D eigenvalue weighted by Crippen LogP contribution is 2.21. The molecule has 1 aliphatic rings. The summed E-state index contributed by atoms with van der Waals surface area (Å²) in [5, 5.41) is 3.07. The monoisotopic (exact) mass is 338 g/mol. The highest BCUT2D eigenvalue weighted by atomic mass is 32.1. The SMILES string of the molecule is CC(CN(C)C(C)C(=O)N1CCC(C(N)=O)CC1)c1nccs1. The molecule has 1 saturated heterocycles. The molecule has 0 spiro atoms. The van der Waals surface area contributed by atoms with Crippen LogP contribution in [-0.2, 0) is 9.59 Å². The molecule has 1 aromatic heterocycles. The van der Waals surface area contributed by atoms with E-state index in [1.54, 1.807) is 11.3 Å². The van der Waals surface area contributed by atoms with Gasteiger partial charge in [0, 0.05) is 43.0 Å². The second kappa shape index (κ2) is 7.88. The maximum absolute atomic E-state index is 12.6. The van der Waals surface area contributed by atoms with E-state index >= 15 is 0 Å². The van der Waals surface area contributed by atoms with Crippen LogP contribution in [0.3, 0.4) is 0 Å². The molecule has 1 aromatic rings. The molecule has 2 atom stereocenters. The zero-order valence-corrected chi connectivity index (χ0v) is 14.9. The van der Waals surface area contributed by atoms with E-state index in [1.165, 1.54) is 0 Å². The first kappa shape index (κ1) is 17.9. The number of likely N-dealkylation sites (tertiary alicyclic amines) is 1. The smallest absolute Gasteiger partial charge is 0.239 e. The van der Waals surface area contributed by atoms with Crippen LogP contribution >= 0.6 is 11.3 Å². The van der Waals surface area contributed by atoms with Crippen molar-refractivity contribution in [1.82, 2.24) is 14.8 Å². The molecular formula is C16H26N4O2S. The molecule has 6 nitrogen and oxygen atoms in total. The summed E-state index contributed by atoms with van der Waals surface area (Å²) in [4.78, 5) is 32.1. The number of aromatic nitrogens is 1. The van der Waals surface area contributed by atoms with Crippen molar-refractivity contribution in [2.75, 3.05) is 26.7 Å². The molecule has 23 heavy (non-hydrogen) atoms. The van der Waals surface area contributed by atoms with Crippen LogP contribution in [0.5, 0.6) is 0 Å². The van der Waals surface area contributed by atoms with Crippen molar-refractivity contribution >= 4 is 23.2 Å². The zero-order chi connectivity index (χ0) is 17.0. The van der Waals surface area contributed by atoms with Crippen molar-refractivity contribution in [2.24, 2.45) is 11.7 Å². The summed E-state index contributed by atoms with van der Waals surface area (Å²) in [5.74, 6) is 0.0918. The van der Waals surface area contributed by atoms with Crippen LogP contribution in [0.15, 0.2) is 11.6 Å². The first-order chi connectivity index (χ1) is 10.9. The number of nitrogens with zero attached hydrogens (tertiary/aromatic N) is 3. The number of thiazole rings is 1. The third-order valence-electron chi connectivity index (χ3n) is 4.66. The van der Waals surface area contributed by atoms with E-state index in [0.29, 0.717) is 31.8 Å². The van der Waals surface area contributed by atoms with E-state index in [2.05, 4.69) is 16.8 Å². The number of carbonyl (C=O) groups excluding carboxylic acids is 2. The van der Waals surface area contributed by atoms with Crippen LogP contribution in [0, 0.1) is 5.92 Å². The minimum absolute atomic E-state index is 0.0861. The number of hydrogen-bond donors (Lipinski definition) is 1. The van der Waals surface area contributed by atoms with Gasteiger partial charge in [0.05, 0.1) is 11.0 Å². The second-order valence-corrected chi connectivity index (χ2v) is 7.32. The van der Waals surface area contributed by atoms with Crippen LogP contribution in [0.25, 0.3) is 0 Å². The average molecular weight is 338 g/mol. The van der Waals surface area contributed by atoms with Gasteiger partial charge in [0.1, 0.15) is 0 Å². The molecule has 1 aliphatic heterocycles. The Balaban J connectivity index is 1.85. The van der Waals surface area contributed by atoms with E-state index in [4.69, 9.17) is 5.73 Å². The van der Waals surface area contributed by atoms with Gasteiger partial charge in [0.2, 0.25) is 11.8 Å². The molecular weight excluding hydrogens is 312 g/mol. The van der Waals surface area contributed by atoms with E-state index in [1.807, 2.05) is 30.4 Å². The fourth-order valence-electron chi connectivity index (χ4n) is 2.98. The predicted molar refractivity (Wildman–Crippen MR) is 91.1 cm³/mol. The van der Waals surface area contributed by atoms with Gasteiger partial charge in [0.15, 0.2) is 0 Å². The Hall–Kier alpha value is -1.47. The van der Waals surface area contributed by atoms with E-state index in [0.717, 1.165) is 11.6 Å². The van der Waals surface area contributed by atoms with E-state index < -0.39 is 0 Å². The molecule has 0 bridgehead atoms. The molecule has 2 N–H and O–H groups in total. The van der Waals surface area contributed by atoms with Crippen molar-refractivity contribution in [3.63, 3.8) is 0 Å². The Morgan fingerprint density at radius 1 is 1.43 bits per heavy atom. The standard InChI is InChI=1S/C16H26N4O2S/c1-11(15-18-6-9-23-15)10-19(3)12(2)16(22)20-7-4-13(5-8-20)14(17)21/h6,9,11-13H,4-5,7-8,10H2,1-3H3,(H2,17,21). The topological polar surface area (TPSA) is 79.5 Å². The van der Waals surface area contributed by atoms with Crippen molar-refractivity contribution in [1.29, 1.82) is 0 Å². The molecule has 2 amide bonds. The number of piperidine rings is 1. The number of likely N-dealkylation sites (N-methyl/N-ethyl adjacent to an activating group) is 1. The second-order valence-electron chi connectivity index (χ2n) is 6.39. The van der Waals surface area contributed by atoms with E-state index in [9.17, 15) is 9.59 Å². The Morgan fingerprint density at radius 3 is 2.61 bits per heavy atom. The van der Waals surface area contributed by atoms with Crippen molar-refractivity contribution < 1.29 is 9.59 Å². The Kier molecular flexibility index (Phi) is 6.12. The summed E-state index contributed by atoms with van der Waals surface area (Å²) in [7, 11) is 1.98. The highest BCUT2D eigenvalue weighted by Gasteiger charge is 2.30. The van der Waals surface area contributed by atoms with Crippen LogP contribution in [0.2, 0.25) is 0 Å². The van der Waals surface area contributed by atoms with E-state index in [-0.39, 0.29) is 23.8 Å². The van der Waals surface area contributed by atoms with Gasteiger partial charge in [0.25, 0.3) is 0 Å². The molecule has 0 aliphatic carbocycles. The lowest BCUT2D eigenvalue weighted by Crippen LogP contribution is -2.50. The summed E-state index contributed by atoms with van der Waals surface area (Å²) in [5.41, 5.74) is 5.34. The summed E-state index contributed by atoms with van der Waals surface area (Å²) in [6, 6.07) is -0.178. The normalized spacial score (nSPS) is 18.9. The summed E-state index contributed by atoms with van der Waals surface area (Å²) >= 11 is 1.65. The molecule has 128 valence electrons. The first-order valence-electron chi connectivity index (χ1n) is 8.08. The molecule has 1 fully saturated rings. The fraction of sp³-hybridized carbons (Fsp3) is 0.688. The lowest BCUT2D eigenvalue weighted by atomic mass is 9.96. The minimum Gasteiger partial charge on any atom is -0.369 e. The fourth-order valence-corrected chi connectivity index (χ4v) is 3.67. The lowest BCUT2D eigenvalue weighted by molar-refractivity contribution is -0.139. The molecule has 2 unspecified atom stereocenters. The van der Waals surface area contributed by atoms with Crippen LogP contribution in [-0.4, -0.2) is 59.3 Å². The van der Waals surface area contributed by atoms with Crippen LogP contribution < -0.4 is 5.73 Å². The van der Waals surface area contributed by atoms with Gasteiger partial charge in [-0.3, -0.25) is 14.5 Å². The van der Waals surface area contributed by atoms with Crippen molar-refractivity contribution in [3.05, 3.63) is 16.6 Å². The first-order valence-corrected chi connectivity index (χ1v) is 8.95. The van der Waals surface area contributed by atoms with Crippen molar-refractivity contribution in [3.8, 4) is 0 Å². The molecule has 2 heterocycles. The zero-order valence-electron chi connectivity index (χ0n) is 14.1. The largest absolute Gasteiger partial charge is 0.369 e. The van der Waals surface area contributed by atoms with Gasteiger partial charge in [-0.25, -0.2) is 4.98 Å². The quantitative estimate of drug-likeness (QED) is 0.848. The molecule has 0 aromatic carbocycles. The maximum atomic E-state index is 12.6. The van der Waals surface area contributed by atoms with Crippen molar-refractivity contribution in [2.45, 2.75) is 38.6 Å². The number of primary amides is 1. The summed E-state index contributed by atoms with van der Waals surface area (Å²) < 4.78 is 0. The number of hydrogen-bond acceptors (Lipinski definition) is 5. The Morgan fingerprint density at radius 2 is 2.09 bits per heavy atom. The lowest BCUT2D eigenvalue weighted by Gasteiger charge is -2.35. The Labute approximate surface area is 141 Å². The number of amides is 2. The maximum Gasteiger partial charge on any atom is 0.239 e. The summed E-state index contributed by atoms with van der Waals surface area (Å²) in [6.07, 6.45) is 3.16. The molecule has 2 rings (SSSR count). The van der Waals surface area contributed by atoms with Gasteiger partial charge in [-0.15, -0.1) is 11.3 Å². The highest BCUT2D eigenvalue weighted by molar-refractivity contribution is 7.09. The minimum atomic E-state index is -0.250. The third kappa shape index (κ3) is 4.51. The number of carbonyl (C=O) groups is 2. The molecule has 0 saturated carbocycles. The number of nitrogens with two attached hydrogens (primary N) is 1. The van der Waals surface area contributed by atoms with Crippen LogP contribution in [0.4, 0.5) is 0 Å². The van der Waals surface area contributed by atoms with Gasteiger partial charge in [-0.1, -0.05) is 6.92 Å². The van der Waals surface area contributed by atoms with Gasteiger partial charge in [-0.05, 0) is 26.8 Å². The third-order valence-corrected chi connectivity index (χ3v) is 5.67. The summed E-state index contributed by atoms with van der Waals surface area (Å²) in [6.45, 7) is 6.10. The van der Waals surface area contributed by atoms with Gasteiger partial charge in [-0.2, -0.15) is 0 Å². The predicted octanol–water partition coefficient (Wildman–Crippen LogP) is 1.29. The molecule has 0 radical (unpaired) electrons. The average Bonchev–Trinajstić information content (AvgIpc) is 3.08. The number of rotatable bonds is 6. The van der Waals surface area contributed by atoms with Gasteiger partial charge >= 0.3 is 0 Å². The van der Waals surface area contributed by atoms with Crippen LogP contribution in [0.1, 0.15) is 37.6 Å².